The van der Waals surface area contributed by atoms with Crippen molar-refractivity contribution >= 4 is 15.8 Å². The van der Waals surface area contributed by atoms with Gasteiger partial charge in [0, 0.05) is 0 Å². The highest BCUT2D eigenvalue weighted by Crippen LogP contribution is 2.59. The maximum atomic E-state index is 12.8. The fraction of sp³-hybridized carbons (Fsp3) is 0.818. The molecule has 0 aromatic carbocycles. The van der Waals surface area contributed by atoms with Gasteiger partial charge in [0.1, 0.15) is 13.5 Å². The summed E-state index contributed by atoms with van der Waals surface area (Å²) in [7, 11) is -4.87. The fourth-order valence-electron chi connectivity index (χ4n) is 1.64. The number of nitrogens with one attached hydrogen (secondary N) is 1. The lowest BCUT2D eigenvalue weighted by Crippen LogP contribution is -2.54. The summed E-state index contributed by atoms with van der Waals surface area (Å²) in [5.74, 6) is 0. The van der Waals surface area contributed by atoms with E-state index in [4.69, 9.17) is 9.05 Å². The predicted octanol–water partition coefficient (Wildman–Crippen LogP) is 3.58. The first kappa shape index (κ1) is 17.1. The van der Waals surface area contributed by atoms with Crippen molar-refractivity contribution in [2.24, 2.45) is 0 Å². The minimum absolute atomic E-state index is 0.355. The fourth-order valence-corrected chi connectivity index (χ4v) is 6.32. The summed E-state index contributed by atoms with van der Waals surface area (Å²) in [6.07, 6.45) is 1.64. The van der Waals surface area contributed by atoms with Gasteiger partial charge in [-0.2, -0.15) is 0 Å². The Morgan fingerprint density at radius 1 is 1.29 bits per heavy atom. The van der Waals surface area contributed by atoms with E-state index >= 15 is 0 Å². The van der Waals surface area contributed by atoms with Crippen molar-refractivity contribution in [3.05, 3.63) is 12.7 Å². The zero-order valence-corrected chi connectivity index (χ0v) is 13.8. The van der Waals surface area contributed by atoms with Gasteiger partial charge in [-0.05, 0) is 20.8 Å². The van der Waals surface area contributed by atoms with Gasteiger partial charge in [-0.25, -0.2) is 0 Å². The highest BCUT2D eigenvalue weighted by atomic mass is 31.2. The molecule has 1 atom stereocenters. The second-order valence-electron chi connectivity index (χ2n) is 5.06. The highest BCUT2D eigenvalue weighted by molar-refractivity contribution is 7.56. The molecule has 0 rings (SSSR count). The monoisotopic (exact) mass is 279 g/mol. The first-order chi connectivity index (χ1) is 7.64. The van der Waals surface area contributed by atoms with Crippen LogP contribution in [0.2, 0.25) is 19.6 Å². The lowest BCUT2D eigenvalue weighted by molar-refractivity contribution is 0.202. The van der Waals surface area contributed by atoms with Crippen LogP contribution in [0.3, 0.4) is 0 Å². The Kier molecular flexibility index (Phi) is 6.32. The highest BCUT2D eigenvalue weighted by Gasteiger charge is 2.46. The molecule has 4 nitrogen and oxygen atoms in total. The van der Waals surface area contributed by atoms with Crippen molar-refractivity contribution in [1.82, 2.24) is 4.98 Å². The van der Waals surface area contributed by atoms with Crippen molar-refractivity contribution in [2.75, 3.05) is 13.2 Å². The minimum Gasteiger partial charge on any atom is -0.319 e. The third kappa shape index (κ3) is 4.68. The molecular formula is C11H26NO3PSi. The van der Waals surface area contributed by atoms with Crippen molar-refractivity contribution in [2.45, 2.75) is 45.7 Å². The van der Waals surface area contributed by atoms with Gasteiger partial charge in [-0.1, -0.05) is 25.7 Å². The topological polar surface area (TPSA) is 47.6 Å². The van der Waals surface area contributed by atoms with Crippen LogP contribution >= 0.6 is 7.60 Å². The standard InChI is InChI=1S/C11H26NO3PSi/c1-8-11(4,12-17(5,6)7)16(13,14-9-2)15-10-3/h8,12H,1,9-10H2,2-7H3. The summed E-state index contributed by atoms with van der Waals surface area (Å²) in [6.45, 7) is 16.3. The Morgan fingerprint density at radius 3 is 1.94 bits per heavy atom. The average molecular weight is 279 g/mol. The van der Waals surface area contributed by atoms with E-state index in [2.05, 4.69) is 31.2 Å². The predicted molar refractivity (Wildman–Crippen MR) is 75.9 cm³/mol. The molecule has 0 aromatic heterocycles. The summed E-state index contributed by atoms with van der Waals surface area (Å²) in [6, 6.07) is 0. The second-order valence-corrected chi connectivity index (χ2v) is 12.3. The van der Waals surface area contributed by atoms with E-state index in [1.165, 1.54) is 0 Å². The molecule has 0 spiro atoms. The summed E-state index contributed by atoms with van der Waals surface area (Å²) in [5.41, 5.74) is 0. The Labute approximate surface area is 106 Å². The van der Waals surface area contributed by atoms with Crippen molar-refractivity contribution in [3.63, 3.8) is 0 Å². The van der Waals surface area contributed by atoms with E-state index in [0.717, 1.165) is 0 Å². The van der Waals surface area contributed by atoms with Gasteiger partial charge in [-0.15, -0.1) is 6.58 Å². The normalized spacial score (nSPS) is 16.6. The zero-order valence-electron chi connectivity index (χ0n) is 11.9. The average Bonchev–Trinajstić information content (AvgIpc) is 2.15. The van der Waals surface area contributed by atoms with Gasteiger partial charge >= 0.3 is 7.60 Å². The van der Waals surface area contributed by atoms with Crippen molar-refractivity contribution in [3.8, 4) is 0 Å². The molecule has 17 heavy (non-hydrogen) atoms. The van der Waals surface area contributed by atoms with E-state index < -0.39 is 21.1 Å². The van der Waals surface area contributed by atoms with Crippen LogP contribution in [0.1, 0.15) is 20.8 Å². The largest absolute Gasteiger partial charge is 0.353 e. The van der Waals surface area contributed by atoms with Gasteiger partial charge in [0.25, 0.3) is 0 Å². The van der Waals surface area contributed by atoms with Crippen molar-refractivity contribution < 1.29 is 13.6 Å². The smallest absolute Gasteiger partial charge is 0.319 e. The third-order valence-corrected chi connectivity index (χ3v) is 6.30. The minimum atomic E-state index is -3.23. The molecule has 0 aliphatic carbocycles. The molecule has 0 heterocycles. The molecule has 1 N–H and O–H groups in total. The van der Waals surface area contributed by atoms with Crippen LogP contribution in [-0.4, -0.2) is 26.7 Å². The Bertz CT molecular complexity index is 294. The van der Waals surface area contributed by atoms with E-state index in [-0.39, 0.29) is 0 Å². The molecule has 0 saturated heterocycles. The molecule has 6 heteroatoms. The molecule has 0 radical (unpaired) electrons. The quantitative estimate of drug-likeness (QED) is 0.419. The molecule has 0 amide bonds. The third-order valence-electron chi connectivity index (χ3n) is 2.19. The van der Waals surface area contributed by atoms with E-state index in [9.17, 15) is 4.57 Å². The SMILES string of the molecule is C=CC(C)(N[Si](C)(C)C)P(=O)(OCC)OCC. The van der Waals surface area contributed by atoms with Crippen LogP contribution in [0.5, 0.6) is 0 Å². The summed E-state index contributed by atoms with van der Waals surface area (Å²) < 4.78 is 23.6. The molecule has 1 unspecified atom stereocenters. The van der Waals surface area contributed by atoms with Crippen molar-refractivity contribution in [1.29, 1.82) is 0 Å². The van der Waals surface area contributed by atoms with Gasteiger partial charge in [0.15, 0.2) is 0 Å². The molecule has 0 fully saturated rings. The number of hydrogen-bond donors (Lipinski definition) is 1. The van der Waals surface area contributed by atoms with E-state index in [0.29, 0.717) is 13.2 Å². The van der Waals surface area contributed by atoms with Crippen LogP contribution < -0.4 is 4.98 Å². The first-order valence-corrected chi connectivity index (χ1v) is 11.0. The zero-order chi connectivity index (χ0) is 13.7. The molecule has 0 aromatic rings. The summed E-state index contributed by atoms with van der Waals surface area (Å²) >= 11 is 0. The van der Waals surface area contributed by atoms with Gasteiger partial charge in [-0.3, -0.25) is 4.57 Å². The molecule has 0 bridgehead atoms. The van der Waals surface area contributed by atoms with Gasteiger partial charge in [0.2, 0.25) is 0 Å². The maximum Gasteiger partial charge on any atom is 0.353 e. The molecular weight excluding hydrogens is 253 g/mol. The Morgan fingerprint density at radius 2 is 1.71 bits per heavy atom. The van der Waals surface area contributed by atoms with E-state index in [1.54, 1.807) is 6.08 Å². The Balaban J connectivity index is 5.27. The van der Waals surface area contributed by atoms with Crippen LogP contribution in [0, 0.1) is 0 Å². The van der Waals surface area contributed by atoms with E-state index in [1.807, 2.05) is 20.8 Å². The van der Waals surface area contributed by atoms with Crippen LogP contribution in [-0.2, 0) is 13.6 Å². The molecule has 0 aliphatic heterocycles. The lowest BCUT2D eigenvalue weighted by atomic mass is 10.3. The van der Waals surface area contributed by atoms with Crippen LogP contribution in [0.4, 0.5) is 0 Å². The molecule has 0 saturated carbocycles. The summed E-state index contributed by atoms with van der Waals surface area (Å²) in [4.78, 5) is 3.40. The van der Waals surface area contributed by atoms with Crippen LogP contribution in [0.15, 0.2) is 12.7 Å². The second kappa shape index (κ2) is 6.30. The Hall–Kier alpha value is 0.0669. The first-order valence-electron chi connectivity index (χ1n) is 5.96. The summed E-state index contributed by atoms with van der Waals surface area (Å²) in [5, 5.41) is -0.830. The number of rotatable bonds is 8. The van der Waals surface area contributed by atoms with Gasteiger partial charge in [0.05, 0.1) is 13.2 Å². The maximum absolute atomic E-state index is 12.8. The molecule has 0 aliphatic rings. The lowest BCUT2D eigenvalue weighted by Gasteiger charge is -2.38. The van der Waals surface area contributed by atoms with Gasteiger partial charge < -0.3 is 14.0 Å². The molecule has 102 valence electrons. The van der Waals surface area contributed by atoms with Crippen LogP contribution in [0.25, 0.3) is 0 Å². The number of hydrogen-bond acceptors (Lipinski definition) is 4.